The van der Waals surface area contributed by atoms with Crippen molar-refractivity contribution in [3.8, 4) is 0 Å². The number of ether oxygens (including phenoxy) is 3. The molecule has 4 N–H and O–H groups in total. The number of carbonyl (C=O) groups is 8. The van der Waals surface area contributed by atoms with Crippen LogP contribution in [0.15, 0.2) is 66.7 Å². The molecule has 5 aromatic carbocycles. The lowest BCUT2D eigenvalue weighted by molar-refractivity contribution is -0.136. The average Bonchev–Trinajstić information content (AvgIpc) is 1.69. The molecule has 694 valence electrons. The molecule has 6 atom stereocenters. The SMILES string of the molecule is C.CC[C@@H](NC(C)=O)c1cc(Cl)c(C)cc1C1CCN(C(=O)OC(C)(C)C)CC1.CC[C@@H](NC(C)=O)c1cc(Cl)c(C)cc1C1CCN(C(=O)OC(C)(C)C)CC1.CC[C@@H](NC(C)=O)c1cc(Cl)c(C)cc1C1CCN(C(=O)[C@@H]2CN(C(C)(C)C)C[C@H]2c2ccc(F)cc2F)CC1.CC[C@H](NC(C)=O)c1cc(Cl)c(C)cc1C1CCN(C(=O)OC(C)(C)C)CC1. The van der Waals surface area contributed by atoms with Crippen molar-refractivity contribution in [2.75, 3.05) is 65.4 Å². The normalized spacial score (nSPS) is 18.0. The van der Waals surface area contributed by atoms with Crippen molar-refractivity contribution in [2.45, 2.75) is 327 Å². The van der Waals surface area contributed by atoms with Crippen molar-refractivity contribution >= 4 is 94.2 Å². The standard InChI is InChI=1S/C32H42ClF2N3O2.3C22H33ClN2O3.CH4/c1-7-30(36-20(3)39)25-16-28(33)19(2)14-24(25)21-10-12-37(13-11-21)31(40)27-18-38(32(4,5)6)17-26(27)23-9-8-22(34)15-29(23)35;3*1-7-20(24-15(3)26)18-13-19(23)14(2)12-17(18)16-8-10-25(11-9-16)21(27)28-22(4,5)6;/h8-9,14-16,21,26-27,30H,7,10-13,17-18H2,1-6H3,(H,36,39);3*12-13,16,20H,7-11H2,1-6H3,(H,24,26);1H4/t26-,27+,30+;3*20-;/m0110./s1. The first-order valence-corrected chi connectivity index (χ1v) is 46.1. The Bertz CT molecular complexity index is 4230. The van der Waals surface area contributed by atoms with Gasteiger partial charge in [-0.05, 0) is 314 Å². The number of amides is 8. The molecule has 125 heavy (non-hydrogen) atoms. The maximum atomic E-state index is 14.9. The third kappa shape index (κ3) is 30.7. The predicted molar refractivity (Wildman–Crippen MR) is 501 cm³/mol. The molecule has 5 fully saturated rings. The molecule has 0 unspecified atom stereocenters. The van der Waals surface area contributed by atoms with E-state index in [1.807, 2.05) is 126 Å². The van der Waals surface area contributed by atoms with Crippen LogP contribution in [0.5, 0.6) is 0 Å². The molecular formula is C99H145Cl4F2N9O11. The Morgan fingerprint density at radius 3 is 0.848 bits per heavy atom. The van der Waals surface area contributed by atoms with E-state index in [-0.39, 0.29) is 96.8 Å². The minimum atomic E-state index is -0.613. The van der Waals surface area contributed by atoms with Gasteiger partial charge in [-0.25, -0.2) is 23.2 Å². The Kier molecular flexibility index (Phi) is 39.4. The summed E-state index contributed by atoms with van der Waals surface area (Å²) >= 11 is 25.7. The zero-order chi connectivity index (χ0) is 92.5. The van der Waals surface area contributed by atoms with E-state index >= 15 is 0 Å². The van der Waals surface area contributed by atoms with E-state index in [1.54, 1.807) is 14.7 Å². The van der Waals surface area contributed by atoms with Gasteiger partial charge in [-0.3, -0.25) is 28.9 Å². The van der Waals surface area contributed by atoms with Crippen LogP contribution in [0.3, 0.4) is 0 Å². The second-order valence-electron chi connectivity index (χ2n) is 38.3. The van der Waals surface area contributed by atoms with Crippen LogP contribution in [0.1, 0.15) is 349 Å². The highest BCUT2D eigenvalue weighted by Crippen LogP contribution is 2.45. The minimum Gasteiger partial charge on any atom is -0.444 e. The van der Waals surface area contributed by atoms with E-state index in [4.69, 9.17) is 60.6 Å². The Morgan fingerprint density at radius 1 is 0.384 bits per heavy atom. The molecule has 5 aromatic rings. The number of benzene rings is 5. The quantitative estimate of drug-likeness (QED) is 0.0601. The second kappa shape index (κ2) is 46.5. The lowest BCUT2D eigenvalue weighted by atomic mass is 9.82. The molecule has 10 rings (SSSR count). The number of hydrogen-bond acceptors (Lipinski definition) is 12. The van der Waals surface area contributed by atoms with Gasteiger partial charge < -0.3 is 55.1 Å². The van der Waals surface area contributed by atoms with Gasteiger partial charge in [0.2, 0.25) is 29.5 Å². The van der Waals surface area contributed by atoms with Gasteiger partial charge in [0.25, 0.3) is 0 Å². The maximum Gasteiger partial charge on any atom is 0.410 e. The monoisotopic (exact) mass is 1810 g/mol. The number of nitrogens with zero attached hydrogens (tertiary/aromatic N) is 5. The summed E-state index contributed by atoms with van der Waals surface area (Å²) < 4.78 is 45.1. The molecule has 20 nitrogen and oxygen atoms in total. The molecule has 5 saturated heterocycles. The molecule has 0 spiro atoms. The van der Waals surface area contributed by atoms with E-state index in [2.05, 4.69) is 92.0 Å². The smallest absolute Gasteiger partial charge is 0.410 e. The number of rotatable bonds is 18. The fraction of sp³-hybridized carbons (Fsp3) is 0.616. The average molecular weight is 1820 g/mol. The van der Waals surface area contributed by atoms with Crippen LogP contribution in [0.2, 0.25) is 20.1 Å². The molecule has 0 aromatic heterocycles. The van der Waals surface area contributed by atoms with Crippen molar-refractivity contribution in [3.63, 3.8) is 0 Å². The highest BCUT2D eigenvalue weighted by Gasteiger charge is 2.46. The van der Waals surface area contributed by atoms with Crippen molar-refractivity contribution < 1.29 is 61.3 Å². The zero-order valence-electron chi connectivity index (χ0n) is 78.2. The minimum absolute atomic E-state index is 0. The summed E-state index contributed by atoms with van der Waals surface area (Å²) in [4.78, 5) is 107. The van der Waals surface area contributed by atoms with Gasteiger partial charge in [-0.15, -0.1) is 0 Å². The number of piperidine rings is 4. The van der Waals surface area contributed by atoms with Gasteiger partial charge in [-0.2, -0.15) is 0 Å². The van der Waals surface area contributed by atoms with Crippen molar-refractivity contribution in [2.24, 2.45) is 5.92 Å². The van der Waals surface area contributed by atoms with Crippen LogP contribution in [0.25, 0.3) is 0 Å². The van der Waals surface area contributed by atoms with E-state index in [0.717, 1.165) is 128 Å². The van der Waals surface area contributed by atoms with Gasteiger partial charge in [0.1, 0.15) is 28.4 Å². The van der Waals surface area contributed by atoms with Crippen molar-refractivity contribution in [1.82, 2.24) is 45.8 Å². The molecule has 0 bridgehead atoms. The molecule has 8 amide bonds. The van der Waals surface area contributed by atoms with E-state index in [9.17, 15) is 47.1 Å². The Balaban J connectivity index is 0.000000261. The highest BCUT2D eigenvalue weighted by molar-refractivity contribution is 6.32. The van der Waals surface area contributed by atoms with Crippen LogP contribution in [-0.4, -0.2) is 160 Å². The lowest BCUT2D eigenvalue weighted by Crippen LogP contribution is -2.44. The summed E-state index contributed by atoms with van der Waals surface area (Å²) in [5, 5.41) is 15.0. The van der Waals surface area contributed by atoms with Gasteiger partial charge >= 0.3 is 18.3 Å². The van der Waals surface area contributed by atoms with Gasteiger partial charge in [-0.1, -0.05) is 112 Å². The third-order valence-electron chi connectivity index (χ3n) is 24.1. The first-order chi connectivity index (χ1) is 57.8. The second-order valence-corrected chi connectivity index (χ2v) is 40.0. The van der Waals surface area contributed by atoms with Crippen LogP contribution < -0.4 is 21.3 Å². The molecule has 0 aliphatic carbocycles. The van der Waals surface area contributed by atoms with E-state index in [0.29, 0.717) is 109 Å². The summed E-state index contributed by atoms with van der Waals surface area (Å²) in [5.41, 5.74) is 12.0. The van der Waals surface area contributed by atoms with Crippen LogP contribution in [0, 0.1) is 45.2 Å². The Hall–Kier alpha value is -7.76. The fourth-order valence-corrected chi connectivity index (χ4v) is 18.2. The Labute approximate surface area is 765 Å². The fourth-order valence-electron chi connectivity index (χ4n) is 17.5. The van der Waals surface area contributed by atoms with Gasteiger partial charge in [0.15, 0.2) is 0 Å². The predicted octanol–water partition coefficient (Wildman–Crippen LogP) is 23.4. The number of aryl methyl sites for hydroxylation is 4. The van der Waals surface area contributed by atoms with E-state index in [1.165, 1.54) is 62.1 Å². The first kappa shape index (κ1) is 106. The molecule has 5 heterocycles. The topological polar surface area (TPSA) is 229 Å². The third-order valence-corrected chi connectivity index (χ3v) is 25.7. The molecule has 0 radical (unpaired) electrons. The molecular weight excluding hydrogens is 1670 g/mol. The summed E-state index contributed by atoms with van der Waals surface area (Å²) in [6.07, 6.45) is 9.16. The molecule has 26 heteroatoms. The summed E-state index contributed by atoms with van der Waals surface area (Å²) in [6, 6.07) is 19.9. The molecule has 5 aliphatic rings. The number of halogens is 6. The molecule has 5 aliphatic heterocycles. The summed E-state index contributed by atoms with van der Waals surface area (Å²) in [7, 11) is 0. The number of hydrogen-bond donors (Lipinski definition) is 4. The van der Waals surface area contributed by atoms with Crippen molar-refractivity contribution in [3.05, 3.63) is 171 Å². The first-order valence-electron chi connectivity index (χ1n) is 44.5. The van der Waals surface area contributed by atoms with E-state index < -0.39 is 34.4 Å². The number of nitrogens with one attached hydrogen (secondary N) is 4. The van der Waals surface area contributed by atoms with Crippen LogP contribution in [-0.2, 0) is 38.2 Å². The van der Waals surface area contributed by atoms with Crippen LogP contribution in [0.4, 0.5) is 23.2 Å². The molecule has 0 saturated carbocycles. The number of likely N-dealkylation sites (tertiary alicyclic amines) is 5. The summed E-state index contributed by atoms with van der Waals surface area (Å²) in [5.74, 6) is -0.904. The van der Waals surface area contributed by atoms with Gasteiger partial charge in [0, 0.05) is 131 Å². The largest absolute Gasteiger partial charge is 0.444 e. The van der Waals surface area contributed by atoms with Crippen LogP contribution >= 0.6 is 46.4 Å². The summed E-state index contributed by atoms with van der Waals surface area (Å²) in [6.45, 7) is 51.9. The highest BCUT2D eigenvalue weighted by atomic mass is 35.5. The Morgan fingerprint density at radius 2 is 0.632 bits per heavy atom. The van der Waals surface area contributed by atoms with Crippen molar-refractivity contribution in [1.29, 1.82) is 0 Å². The number of carbonyl (C=O) groups excluding carboxylic acids is 8. The lowest BCUT2D eigenvalue weighted by Gasteiger charge is -2.36. The zero-order valence-corrected chi connectivity index (χ0v) is 81.2. The van der Waals surface area contributed by atoms with Gasteiger partial charge in [0.05, 0.1) is 30.1 Å². The maximum absolute atomic E-state index is 14.9.